The van der Waals surface area contributed by atoms with Crippen LogP contribution in [0, 0.1) is 0 Å². The number of likely N-dealkylation sites (tertiary alicyclic amines) is 1. The maximum absolute atomic E-state index is 4.94. The number of nitrogens with zero attached hydrogens (tertiary/aromatic N) is 2. The normalized spacial score (nSPS) is 29.5. The van der Waals surface area contributed by atoms with Gasteiger partial charge in [0, 0.05) is 18.0 Å². The van der Waals surface area contributed by atoms with Crippen LogP contribution in [0.4, 0.5) is 0 Å². The smallest absolute Gasteiger partial charge is 0.115 e. The van der Waals surface area contributed by atoms with E-state index in [9.17, 15) is 0 Å². The van der Waals surface area contributed by atoms with Crippen molar-refractivity contribution < 1.29 is 0 Å². The lowest BCUT2D eigenvalue weighted by Gasteiger charge is -2.26. The molecule has 0 saturated carbocycles. The Balaban J connectivity index is 1.94. The predicted octanol–water partition coefficient (Wildman–Crippen LogP) is 1.77. The van der Waals surface area contributed by atoms with E-state index in [0.29, 0.717) is 0 Å². The molecule has 3 nitrogen and oxygen atoms in total. The van der Waals surface area contributed by atoms with E-state index < -0.39 is 0 Å². The molecule has 0 amide bonds. The summed E-state index contributed by atoms with van der Waals surface area (Å²) in [4.78, 5) is 8.89. The standard InChI is InChI=1S/C13H21N3S/c1-14-13(7-8-16(2)9-13)12-15-10-5-3-4-6-11(10)17-12/h14H,3-9H2,1-2H3. The first-order valence-electron chi connectivity index (χ1n) is 6.60. The molecule has 0 aromatic carbocycles. The van der Waals surface area contributed by atoms with Crippen LogP contribution in [-0.2, 0) is 18.4 Å². The highest BCUT2D eigenvalue weighted by Gasteiger charge is 2.40. The Morgan fingerprint density at radius 3 is 2.82 bits per heavy atom. The first-order chi connectivity index (χ1) is 8.23. The summed E-state index contributed by atoms with van der Waals surface area (Å²) in [6.45, 7) is 2.26. The van der Waals surface area contributed by atoms with E-state index in [1.807, 2.05) is 11.3 Å². The fourth-order valence-electron chi connectivity index (χ4n) is 3.04. The van der Waals surface area contributed by atoms with Crippen LogP contribution in [0.1, 0.15) is 34.8 Å². The highest BCUT2D eigenvalue weighted by molar-refractivity contribution is 7.11. The summed E-state index contributed by atoms with van der Waals surface area (Å²) in [6.07, 6.45) is 6.31. The summed E-state index contributed by atoms with van der Waals surface area (Å²) in [5.41, 5.74) is 1.51. The maximum atomic E-state index is 4.94. The molecule has 3 rings (SSSR count). The number of nitrogens with one attached hydrogen (secondary N) is 1. The van der Waals surface area contributed by atoms with Crippen LogP contribution in [0.15, 0.2) is 0 Å². The zero-order valence-corrected chi connectivity index (χ0v) is 11.6. The van der Waals surface area contributed by atoms with Crippen LogP contribution in [-0.4, -0.2) is 37.1 Å². The summed E-state index contributed by atoms with van der Waals surface area (Å²) in [5.74, 6) is 0. The third kappa shape index (κ3) is 1.92. The Labute approximate surface area is 107 Å². The molecule has 2 aliphatic rings. The van der Waals surface area contributed by atoms with Gasteiger partial charge in [-0.1, -0.05) is 0 Å². The van der Waals surface area contributed by atoms with Crippen molar-refractivity contribution in [3.05, 3.63) is 15.6 Å². The van der Waals surface area contributed by atoms with Crippen molar-refractivity contribution >= 4 is 11.3 Å². The van der Waals surface area contributed by atoms with Gasteiger partial charge in [-0.05, 0) is 46.2 Å². The minimum absolute atomic E-state index is 0.122. The van der Waals surface area contributed by atoms with Gasteiger partial charge in [0.2, 0.25) is 0 Å². The third-order valence-corrected chi connectivity index (χ3v) is 5.56. The average Bonchev–Trinajstić information content (AvgIpc) is 2.93. The first kappa shape index (κ1) is 11.6. The van der Waals surface area contributed by atoms with Crippen molar-refractivity contribution in [2.24, 2.45) is 0 Å². The van der Waals surface area contributed by atoms with Gasteiger partial charge in [-0.3, -0.25) is 0 Å². The minimum atomic E-state index is 0.122. The summed E-state index contributed by atoms with van der Waals surface area (Å²) in [7, 11) is 4.28. The van der Waals surface area contributed by atoms with Gasteiger partial charge in [-0.25, -0.2) is 4.98 Å². The van der Waals surface area contributed by atoms with Gasteiger partial charge in [0.05, 0.1) is 11.2 Å². The number of thiazole rings is 1. The highest BCUT2D eigenvalue weighted by atomic mass is 32.1. The van der Waals surface area contributed by atoms with E-state index >= 15 is 0 Å². The Hall–Kier alpha value is -0.450. The second kappa shape index (κ2) is 4.34. The Morgan fingerprint density at radius 2 is 2.18 bits per heavy atom. The Kier molecular flexibility index (Phi) is 2.97. The van der Waals surface area contributed by atoms with Gasteiger partial charge in [0.25, 0.3) is 0 Å². The Morgan fingerprint density at radius 1 is 1.35 bits per heavy atom. The van der Waals surface area contributed by atoms with Crippen molar-refractivity contribution in [3.8, 4) is 0 Å². The second-order valence-corrected chi connectivity index (χ2v) is 6.50. The molecule has 1 atom stereocenters. The molecule has 4 heteroatoms. The van der Waals surface area contributed by atoms with Gasteiger partial charge in [-0.15, -0.1) is 11.3 Å². The number of likely N-dealkylation sites (N-methyl/N-ethyl adjacent to an activating group) is 2. The lowest BCUT2D eigenvalue weighted by molar-refractivity contribution is 0.333. The fourth-order valence-corrected chi connectivity index (χ4v) is 4.41. The zero-order chi connectivity index (χ0) is 11.9. The van der Waals surface area contributed by atoms with Crippen molar-refractivity contribution in [2.75, 3.05) is 27.2 Å². The number of fused-ring (bicyclic) bond motifs is 1. The first-order valence-corrected chi connectivity index (χ1v) is 7.42. The molecule has 1 saturated heterocycles. The molecule has 1 aliphatic carbocycles. The van der Waals surface area contributed by atoms with Crippen molar-refractivity contribution in [1.82, 2.24) is 15.2 Å². The number of rotatable bonds is 2. The van der Waals surface area contributed by atoms with Gasteiger partial charge in [-0.2, -0.15) is 0 Å². The number of aromatic nitrogens is 1. The molecule has 1 unspecified atom stereocenters. The van der Waals surface area contributed by atoms with E-state index in [0.717, 1.165) is 6.54 Å². The quantitative estimate of drug-likeness (QED) is 0.868. The molecule has 1 aromatic rings. The van der Waals surface area contributed by atoms with Gasteiger partial charge >= 0.3 is 0 Å². The molecule has 1 fully saturated rings. The molecule has 2 heterocycles. The molecule has 0 radical (unpaired) electrons. The summed E-state index contributed by atoms with van der Waals surface area (Å²) in [6, 6.07) is 0. The topological polar surface area (TPSA) is 28.2 Å². The fraction of sp³-hybridized carbons (Fsp3) is 0.769. The molecule has 1 aromatic heterocycles. The molecule has 1 N–H and O–H groups in total. The number of hydrogen-bond donors (Lipinski definition) is 1. The lowest BCUT2D eigenvalue weighted by atomic mass is 9.99. The number of aryl methyl sites for hydroxylation is 2. The summed E-state index contributed by atoms with van der Waals surface area (Å²) >= 11 is 1.96. The maximum Gasteiger partial charge on any atom is 0.115 e. The molecular weight excluding hydrogens is 230 g/mol. The van der Waals surface area contributed by atoms with Crippen molar-refractivity contribution in [3.63, 3.8) is 0 Å². The molecule has 0 spiro atoms. The summed E-state index contributed by atoms with van der Waals surface area (Å²) < 4.78 is 0. The molecule has 1 aliphatic heterocycles. The largest absolute Gasteiger partial charge is 0.307 e. The van der Waals surface area contributed by atoms with Crippen molar-refractivity contribution in [2.45, 2.75) is 37.6 Å². The lowest BCUT2D eigenvalue weighted by Crippen LogP contribution is -2.42. The molecule has 94 valence electrons. The van der Waals surface area contributed by atoms with Gasteiger partial charge in [0.15, 0.2) is 0 Å². The monoisotopic (exact) mass is 251 g/mol. The van der Waals surface area contributed by atoms with Crippen molar-refractivity contribution in [1.29, 1.82) is 0 Å². The molecule has 0 bridgehead atoms. The number of hydrogen-bond acceptors (Lipinski definition) is 4. The van der Waals surface area contributed by atoms with E-state index in [-0.39, 0.29) is 5.54 Å². The van der Waals surface area contributed by atoms with Crippen LogP contribution in [0.2, 0.25) is 0 Å². The molecular formula is C13H21N3S. The average molecular weight is 251 g/mol. The molecule has 17 heavy (non-hydrogen) atoms. The predicted molar refractivity (Wildman–Crippen MR) is 71.6 cm³/mol. The summed E-state index contributed by atoms with van der Waals surface area (Å²) in [5, 5.41) is 4.87. The Bertz CT molecular complexity index is 391. The minimum Gasteiger partial charge on any atom is -0.307 e. The van der Waals surface area contributed by atoms with Crippen LogP contribution >= 0.6 is 11.3 Å². The van der Waals surface area contributed by atoms with Crippen LogP contribution < -0.4 is 5.32 Å². The van der Waals surface area contributed by atoms with E-state index in [1.54, 1.807) is 4.88 Å². The van der Waals surface area contributed by atoms with Crippen LogP contribution in [0.25, 0.3) is 0 Å². The van der Waals surface area contributed by atoms with E-state index in [2.05, 4.69) is 24.3 Å². The SMILES string of the molecule is CNC1(c2nc3c(s2)CCCC3)CCN(C)C1. The third-order valence-electron chi connectivity index (χ3n) is 4.19. The van der Waals surface area contributed by atoms with Crippen LogP contribution in [0.5, 0.6) is 0 Å². The van der Waals surface area contributed by atoms with E-state index in [4.69, 9.17) is 4.98 Å². The van der Waals surface area contributed by atoms with Gasteiger partial charge in [0.1, 0.15) is 5.01 Å². The second-order valence-electron chi connectivity index (χ2n) is 5.42. The highest BCUT2D eigenvalue weighted by Crippen LogP contribution is 2.37. The van der Waals surface area contributed by atoms with Crippen LogP contribution in [0.3, 0.4) is 0 Å². The van der Waals surface area contributed by atoms with E-state index in [1.165, 1.54) is 49.4 Å². The van der Waals surface area contributed by atoms with Gasteiger partial charge < -0.3 is 10.2 Å². The zero-order valence-electron chi connectivity index (χ0n) is 10.8.